The van der Waals surface area contributed by atoms with E-state index < -0.39 is 10.0 Å². The molecular weight excluding hydrogens is 286 g/mol. The summed E-state index contributed by atoms with van der Waals surface area (Å²) in [5.41, 5.74) is 0.442. The highest BCUT2D eigenvalue weighted by Crippen LogP contribution is 2.30. The zero-order valence-corrected chi connectivity index (χ0v) is 12.3. The maximum absolute atomic E-state index is 12.6. The molecule has 0 radical (unpaired) electrons. The first-order valence-electron chi connectivity index (χ1n) is 6.42. The number of nitrogens with one attached hydrogen (secondary N) is 2. The van der Waals surface area contributed by atoms with Crippen molar-refractivity contribution in [3.8, 4) is 0 Å². The van der Waals surface area contributed by atoms with E-state index in [-0.39, 0.29) is 15.1 Å². The molecule has 8 heteroatoms. The van der Waals surface area contributed by atoms with Gasteiger partial charge in [0.2, 0.25) is 0 Å². The van der Waals surface area contributed by atoms with Crippen molar-refractivity contribution in [1.82, 2.24) is 14.6 Å². The van der Waals surface area contributed by atoms with Gasteiger partial charge in [0, 0.05) is 24.8 Å². The molecule has 0 aliphatic carbocycles. The van der Waals surface area contributed by atoms with E-state index in [1.54, 1.807) is 6.92 Å². The summed E-state index contributed by atoms with van der Waals surface area (Å²) >= 11 is 0.780. The van der Waals surface area contributed by atoms with Crippen molar-refractivity contribution in [3.63, 3.8) is 0 Å². The summed E-state index contributed by atoms with van der Waals surface area (Å²) in [4.78, 5) is 13.5. The van der Waals surface area contributed by atoms with Gasteiger partial charge in [-0.3, -0.25) is 4.79 Å². The van der Waals surface area contributed by atoms with E-state index in [4.69, 9.17) is 0 Å². The number of aromatic nitrogens is 1. The van der Waals surface area contributed by atoms with Crippen molar-refractivity contribution < 1.29 is 8.42 Å². The molecule has 2 fully saturated rings. The molecular formula is C11H17N3O3S2. The number of hydrogen-bond acceptors (Lipinski definition) is 5. The minimum absolute atomic E-state index is 0.163. The highest BCUT2D eigenvalue weighted by atomic mass is 32.2. The van der Waals surface area contributed by atoms with Gasteiger partial charge in [-0.2, -0.15) is 4.31 Å². The van der Waals surface area contributed by atoms with E-state index in [2.05, 4.69) is 10.3 Å². The number of sulfonamides is 1. The summed E-state index contributed by atoms with van der Waals surface area (Å²) < 4.78 is 26.8. The van der Waals surface area contributed by atoms with Crippen LogP contribution >= 0.6 is 11.3 Å². The first-order chi connectivity index (χ1) is 8.98. The van der Waals surface area contributed by atoms with Crippen LogP contribution in [0.4, 0.5) is 0 Å². The van der Waals surface area contributed by atoms with Crippen molar-refractivity contribution in [3.05, 3.63) is 15.4 Å². The van der Waals surface area contributed by atoms with Gasteiger partial charge in [-0.05, 0) is 32.2 Å². The zero-order valence-electron chi connectivity index (χ0n) is 10.7. The molecule has 3 heterocycles. The normalized spacial score (nSPS) is 28.5. The van der Waals surface area contributed by atoms with E-state index in [1.165, 1.54) is 4.31 Å². The van der Waals surface area contributed by atoms with Crippen molar-refractivity contribution in [1.29, 1.82) is 0 Å². The fourth-order valence-electron chi connectivity index (χ4n) is 2.96. The maximum Gasteiger partial charge on any atom is 0.305 e. The number of H-pyrrole nitrogens is 1. The number of piperidine rings is 1. The largest absolute Gasteiger partial charge is 0.315 e. The van der Waals surface area contributed by atoms with E-state index in [9.17, 15) is 13.2 Å². The Labute approximate surface area is 115 Å². The summed E-state index contributed by atoms with van der Waals surface area (Å²) in [6, 6.07) is 0.263. The SMILES string of the molecule is Cc1[nH]c(=O)sc1S(=O)(=O)N1CC2CCCNC2C1. The van der Waals surface area contributed by atoms with Crippen molar-refractivity contribution >= 4 is 21.4 Å². The molecule has 2 unspecified atom stereocenters. The van der Waals surface area contributed by atoms with Gasteiger partial charge in [0.25, 0.3) is 10.0 Å². The Morgan fingerprint density at radius 1 is 1.37 bits per heavy atom. The predicted octanol–water partition coefficient (Wildman–Crippen LogP) is 0.117. The minimum Gasteiger partial charge on any atom is -0.315 e. The third-order valence-electron chi connectivity index (χ3n) is 3.92. The smallest absolute Gasteiger partial charge is 0.305 e. The molecule has 0 amide bonds. The van der Waals surface area contributed by atoms with Gasteiger partial charge in [-0.15, -0.1) is 0 Å². The van der Waals surface area contributed by atoms with Gasteiger partial charge < -0.3 is 10.3 Å². The van der Waals surface area contributed by atoms with Gasteiger partial charge in [0.1, 0.15) is 0 Å². The molecule has 1 aromatic rings. The second-order valence-electron chi connectivity index (χ2n) is 5.21. The van der Waals surface area contributed by atoms with Crippen LogP contribution in [0, 0.1) is 12.8 Å². The molecule has 0 saturated carbocycles. The van der Waals surface area contributed by atoms with E-state index in [1.807, 2.05) is 0 Å². The molecule has 2 atom stereocenters. The Kier molecular flexibility index (Phi) is 3.28. The molecule has 3 rings (SSSR count). The first-order valence-corrected chi connectivity index (χ1v) is 8.67. The molecule has 0 aromatic carbocycles. The fourth-order valence-corrected chi connectivity index (χ4v) is 5.92. The minimum atomic E-state index is -3.53. The lowest BCUT2D eigenvalue weighted by molar-refractivity contribution is 0.339. The third-order valence-corrected chi connectivity index (χ3v) is 7.33. The lowest BCUT2D eigenvalue weighted by Gasteiger charge is -2.24. The second kappa shape index (κ2) is 4.69. The number of nitrogens with zero attached hydrogens (tertiary/aromatic N) is 1. The summed E-state index contributed by atoms with van der Waals surface area (Å²) in [5.74, 6) is 0.402. The lowest BCUT2D eigenvalue weighted by Crippen LogP contribution is -2.41. The fraction of sp³-hybridized carbons (Fsp3) is 0.727. The molecule has 2 aliphatic heterocycles. The quantitative estimate of drug-likeness (QED) is 0.813. The van der Waals surface area contributed by atoms with Gasteiger partial charge in [-0.25, -0.2) is 8.42 Å². The Balaban J connectivity index is 1.89. The van der Waals surface area contributed by atoms with Crippen LogP contribution in [0.3, 0.4) is 0 Å². The van der Waals surface area contributed by atoms with Crippen LogP contribution in [0.1, 0.15) is 18.5 Å². The molecule has 2 N–H and O–H groups in total. The number of aryl methyl sites for hydroxylation is 1. The molecule has 1 aromatic heterocycles. The average Bonchev–Trinajstić information content (AvgIpc) is 2.92. The van der Waals surface area contributed by atoms with Gasteiger partial charge in [0.05, 0.1) is 0 Å². The Bertz CT molecular complexity index is 620. The molecule has 0 bridgehead atoms. The Morgan fingerprint density at radius 2 is 2.16 bits per heavy atom. The molecule has 6 nitrogen and oxygen atoms in total. The van der Waals surface area contributed by atoms with Crippen molar-refractivity contribution in [2.24, 2.45) is 5.92 Å². The summed E-state index contributed by atoms with van der Waals surface area (Å²) in [5, 5.41) is 3.38. The highest BCUT2D eigenvalue weighted by Gasteiger charge is 2.41. The molecule has 2 saturated heterocycles. The van der Waals surface area contributed by atoms with E-state index >= 15 is 0 Å². The van der Waals surface area contributed by atoms with Gasteiger partial charge >= 0.3 is 4.87 Å². The number of aromatic amines is 1. The van der Waals surface area contributed by atoms with Gasteiger partial charge in [0.15, 0.2) is 4.21 Å². The van der Waals surface area contributed by atoms with Crippen LogP contribution < -0.4 is 10.2 Å². The number of rotatable bonds is 2. The standard InChI is InChI=1S/C11H17N3O3S2/c1-7-10(18-11(15)13-7)19(16,17)14-5-8-3-2-4-12-9(8)6-14/h8-9,12H,2-6H2,1H3,(H,13,15). The van der Waals surface area contributed by atoms with Gasteiger partial charge in [-0.1, -0.05) is 11.3 Å². The molecule has 0 spiro atoms. The number of thiazole rings is 1. The second-order valence-corrected chi connectivity index (χ2v) is 8.33. The first kappa shape index (κ1) is 13.3. The van der Waals surface area contributed by atoms with E-state index in [0.717, 1.165) is 30.7 Å². The Hall–Kier alpha value is -0.700. The van der Waals surface area contributed by atoms with Crippen LogP contribution in [-0.4, -0.2) is 43.4 Å². The molecule has 19 heavy (non-hydrogen) atoms. The predicted molar refractivity (Wildman–Crippen MR) is 73.0 cm³/mol. The summed E-state index contributed by atoms with van der Waals surface area (Å²) in [7, 11) is -3.53. The lowest BCUT2D eigenvalue weighted by atomic mass is 9.94. The summed E-state index contributed by atoms with van der Waals surface area (Å²) in [6.07, 6.45) is 2.18. The van der Waals surface area contributed by atoms with Crippen LogP contribution in [0.25, 0.3) is 0 Å². The zero-order chi connectivity index (χ0) is 13.6. The molecule has 106 valence electrons. The van der Waals surface area contributed by atoms with Crippen molar-refractivity contribution in [2.45, 2.75) is 30.0 Å². The van der Waals surface area contributed by atoms with Crippen LogP contribution in [-0.2, 0) is 10.0 Å². The van der Waals surface area contributed by atoms with E-state index in [0.29, 0.717) is 24.7 Å². The average molecular weight is 303 g/mol. The number of hydrogen-bond donors (Lipinski definition) is 2. The van der Waals surface area contributed by atoms with Crippen LogP contribution in [0.2, 0.25) is 0 Å². The highest BCUT2D eigenvalue weighted by molar-refractivity contribution is 7.91. The monoisotopic (exact) mass is 303 g/mol. The maximum atomic E-state index is 12.6. The Morgan fingerprint density at radius 3 is 2.79 bits per heavy atom. The summed E-state index contributed by atoms with van der Waals surface area (Å²) in [6.45, 7) is 3.67. The topological polar surface area (TPSA) is 82.3 Å². The van der Waals surface area contributed by atoms with Crippen molar-refractivity contribution in [2.75, 3.05) is 19.6 Å². The van der Waals surface area contributed by atoms with Crippen LogP contribution in [0.15, 0.2) is 9.00 Å². The molecule has 2 aliphatic rings. The number of fused-ring (bicyclic) bond motifs is 1. The third kappa shape index (κ3) is 2.26. The van der Waals surface area contributed by atoms with Crippen LogP contribution in [0.5, 0.6) is 0 Å².